The Bertz CT molecular complexity index is 738. The molecule has 0 radical (unpaired) electrons. The second kappa shape index (κ2) is 4.83. The Kier molecular flexibility index (Phi) is 2.92. The molecule has 1 aromatic carbocycles. The highest BCUT2D eigenvalue weighted by Gasteiger charge is 2.43. The molecule has 0 atom stereocenters. The Morgan fingerprint density at radius 2 is 2.00 bits per heavy atom. The summed E-state index contributed by atoms with van der Waals surface area (Å²) >= 11 is 0. The largest absolute Gasteiger partial charge is 0.441 e. The van der Waals surface area contributed by atoms with E-state index in [1.54, 1.807) is 0 Å². The number of ether oxygens (including phenoxy) is 1. The Hall–Kier alpha value is -2.37. The molecule has 0 unspecified atom stereocenters. The van der Waals surface area contributed by atoms with Crippen molar-refractivity contribution in [2.75, 3.05) is 24.5 Å². The molecule has 2 aliphatic rings. The highest BCUT2D eigenvalue weighted by Crippen LogP contribution is 2.33. The van der Waals surface area contributed by atoms with Gasteiger partial charge in [-0.25, -0.2) is 14.8 Å². The minimum absolute atomic E-state index is 0.295. The van der Waals surface area contributed by atoms with Gasteiger partial charge in [0.15, 0.2) is 0 Å². The summed E-state index contributed by atoms with van der Waals surface area (Å²) in [6.45, 7) is 4.19. The van der Waals surface area contributed by atoms with E-state index in [9.17, 15) is 4.79 Å². The van der Waals surface area contributed by atoms with Crippen molar-refractivity contribution >= 4 is 22.8 Å². The van der Waals surface area contributed by atoms with Gasteiger partial charge in [0, 0.05) is 31.3 Å². The van der Waals surface area contributed by atoms with E-state index in [1.807, 2.05) is 25.1 Å². The van der Waals surface area contributed by atoms with Crippen molar-refractivity contribution in [2.24, 2.45) is 0 Å². The number of nitrogens with zero attached hydrogens (tertiary/aromatic N) is 3. The van der Waals surface area contributed by atoms with Gasteiger partial charge < -0.3 is 15.0 Å². The van der Waals surface area contributed by atoms with Crippen molar-refractivity contribution < 1.29 is 9.53 Å². The van der Waals surface area contributed by atoms with Crippen LogP contribution in [0.25, 0.3) is 10.9 Å². The van der Waals surface area contributed by atoms with Crippen LogP contribution in [-0.2, 0) is 4.74 Å². The lowest BCUT2D eigenvalue weighted by Gasteiger charge is -2.38. The van der Waals surface area contributed by atoms with Gasteiger partial charge in [-0.1, -0.05) is 12.1 Å². The van der Waals surface area contributed by atoms with E-state index in [0.29, 0.717) is 6.54 Å². The third kappa shape index (κ3) is 2.15. The molecule has 2 aliphatic heterocycles. The normalized spacial score (nSPS) is 20.2. The first-order valence-electron chi connectivity index (χ1n) is 7.60. The van der Waals surface area contributed by atoms with Crippen molar-refractivity contribution in [1.82, 2.24) is 15.3 Å². The van der Waals surface area contributed by atoms with Gasteiger partial charge in [0.1, 0.15) is 17.2 Å². The second-order valence-electron chi connectivity index (χ2n) is 6.02. The maximum atomic E-state index is 11.3. The molecule has 3 heterocycles. The third-order valence-electron chi connectivity index (χ3n) is 4.53. The number of carbonyl (C=O) groups is 1. The highest BCUT2D eigenvalue weighted by molar-refractivity contribution is 5.89. The lowest BCUT2D eigenvalue weighted by Crippen LogP contribution is -2.47. The van der Waals surface area contributed by atoms with E-state index < -0.39 is 0 Å². The van der Waals surface area contributed by atoms with Crippen molar-refractivity contribution in [1.29, 1.82) is 0 Å². The molecular weight excluding hydrogens is 280 g/mol. The molecule has 2 aromatic rings. The zero-order valence-electron chi connectivity index (χ0n) is 12.5. The first kappa shape index (κ1) is 13.3. The van der Waals surface area contributed by atoms with E-state index >= 15 is 0 Å². The number of amides is 1. The Balaban J connectivity index is 1.63. The summed E-state index contributed by atoms with van der Waals surface area (Å²) in [5.74, 6) is 1.76. The number of anilines is 1. The highest BCUT2D eigenvalue weighted by atomic mass is 16.6. The Morgan fingerprint density at radius 3 is 2.73 bits per heavy atom. The molecule has 6 nitrogen and oxygen atoms in total. The fourth-order valence-corrected chi connectivity index (χ4v) is 3.32. The summed E-state index contributed by atoms with van der Waals surface area (Å²) < 4.78 is 5.48. The lowest BCUT2D eigenvalue weighted by molar-refractivity contribution is 0.0366. The molecule has 6 heteroatoms. The molecule has 1 N–H and O–H groups in total. The SMILES string of the molecule is Cc1nc(N2CCC3(CC2)CNC(=O)O3)c2ccccc2n1. The standard InChI is InChI=1S/C16H18N4O2/c1-11-18-13-5-3-2-4-12(13)14(19-11)20-8-6-16(7-9-20)10-17-15(21)22-16/h2-5H,6-10H2,1H3,(H,17,21). The first-order chi connectivity index (χ1) is 10.7. The molecule has 4 rings (SSSR count). The molecule has 1 amide bonds. The molecule has 0 saturated carbocycles. The molecule has 0 aliphatic carbocycles. The number of aromatic nitrogens is 2. The summed E-state index contributed by atoms with van der Waals surface area (Å²) in [5.41, 5.74) is 0.644. The van der Waals surface area contributed by atoms with Crippen LogP contribution in [0.4, 0.5) is 10.6 Å². The first-order valence-corrected chi connectivity index (χ1v) is 7.60. The van der Waals surface area contributed by atoms with Crippen molar-refractivity contribution in [3.63, 3.8) is 0 Å². The quantitative estimate of drug-likeness (QED) is 0.872. The van der Waals surface area contributed by atoms with Gasteiger partial charge in [-0.15, -0.1) is 0 Å². The maximum absolute atomic E-state index is 11.3. The third-order valence-corrected chi connectivity index (χ3v) is 4.53. The summed E-state index contributed by atoms with van der Waals surface area (Å²) in [4.78, 5) is 22.7. The van der Waals surface area contributed by atoms with E-state index in [1.165, 1.54) is 0 Å². The van der Waals surface area contributed by atoms with Gasteiger partial charge in [0.05, 0.1) is 12.1 Å². The topological polar surface area (TPSA) is 67.4 Å². The molecule has 114 valence electrons. The number of carbonyl (C=O) groups excluding carboxylic acids is 1. The number of alkyl carbamates (subject to hydrolysis) is 1. The number of benzene rings is 1. The average Bonchev–Trinajstić information content (AvgIpc) is 2.88. The molecule has 22 heavy (non-hydrogen) atoms. The fourth-order valence-electron chi connectivity index (χ4n) is 3.32. The second-order valence-corrected chi connectivity index (χ2v) is 6.02. The predicted octanol–water partition coefficient (Wildman–Crippen LogP) is 2.02. The van der Waals surface area contributed by atoms with E-state index in [-0.39, 0.29) is 11.7 Å². The average molecular weight is 298 g/mol. The van der Waals surface area contributed by atoms with Crippen molar-refractivity contribution in [3.05, 3.63) is 30.1 Å². The number of rotatable bonds is 1. The number of nitrogens with one attached hydrogen (secondary N) is 1. The van der Waals surface area contributed by atoms with Crippen LogP contribution in [0, 0.1) is 6.92 Å². The summed E-state index contributed by atoms with van der Waals surface area (Å²) in [7, 11) is 0. The van der Waals surface area contributed by atoms with E-state index in [0.717, 1.165) is 48.5 Å². The maximum Gasteiger partial charge on any atom is 0.407 e. The number of fused-ring (bicyclic) bond motifs is 1. The van der Waals surface area contributed by atoms with Gasteiger partial charge >= 0.3 is 6.09 Å². The lowest BCUT2D eigenvalue weighted by atomic mass is 9.91. The minimum atomic E-state index is -0.328. The van der Waals surface area contributed by atoms with Crippen LogP contribution in [0.2, 0.25) is 0 Å². The summed E-state index contributed by atoms with van der Waals surface area (Å²) in [5, 5.41) is 3.84. The zero-order chi connectivity index (χ0) is 15.2. The molecular formula is C16H18N4O2. The van der Waals surface area contributed by atoms with Gasteiger partial charge in [-0.3, -0.25) is 0 Å². The van der Waals surface area contributed by atoms with Crippen LogP contribution < -0.4 is 10.2 Å². The smallest absolute Gasteiger partial charge is 0.407 e. The van der Waals surface area contributed by atoms with E-state index in [2.05, 4.69) is 26.3 Å². The van der Waals surface area contributed by atoms with Crippen LogP contribution in [-0.4, -0.2) is 41.3 Å². The van der Waals surface area contributed by atoms with Crippen LogP contribution >= 0.6 is 0 Å². The molecule has 2 saturated heterocycles. The number of piperidine rings is 1. The van der Waals surface area contributed by atoms with Crippen LogP contribution in [0.1, 0.15) is 18.7 Å². The molecule has 2 fully saturated rings. The van der Waals surface area contributed by atoms with Crippen molar-refractivity contribution in [3.8, 4) is 0 Å². The summed E-state index contributed by atoms with van der Waals surface area (Å²) in [6, 6.07) is 8.08. The monoisotopic (exact) mass is 298 g/mol. The molecule has 1 aromatic heterocycles. The van der Waals surface area contributed by atoms with Crippen LogP contribution in [0.3, 0.4) is 0 Å². The molecule has 1 spiro atoms. The summed E-state index contributed by atoms with van der Waals surface area (Å²) in [6.07, 6.45) is 1.35. The number of hydrogen-bond acceptors (Lipinski definition) is 5. The van der Waals surface area contributed by atoms with Crippen LogP contribution in [0.15, 0.2) is 24.3 Å². The van der Waals surface area contributed by atoms with E-state index in [4.69, 9.17) is 4.74 Å². The number of aryl methyl sites for hydroxylation is 1. The van der Waals surface area contributed by atoms with Crippen LogP contribution in [0.5, 0.6) is 0 Å². The Morgan fingerprint density at radius 1 is 1.23 bits per heavy atom. The van der Waals surface area contributed by atoms with Gasteiger partial charge in [-0.05, 0) is 19.1 Å². The van der Waals surface area contributed by atoms with Gasteiger partial charge in [-0.2, -0.15) is 0 Å². The number of para-hydroxylation sites is 1. The van der Waals surface area contributed by atoms with Gasteiger partial charge in [0.25, 0.3) is 0 Å². The minimum Gasteiger partial charge on any atom is -0.441 e. The predicted molar refractivity (Wildman–Crippen MR) is 82.9 cm³/mol. The fraction of sp³-hybridized carbons (Fsp3) is 0.438. The van der Waals surface area contributed by atoms with Gasteiger partial charge in [0.2, 0.25) is 0 Å². The zero-order valence-corrected chi connectivity index (χ0v) is 12.5. The Labute approximate surface area is 128 Å². The molecule has 0 bridgehead atoms. The number of hydrogen-bond donors (Lipinski definition) is 1. The van der Waals surface area contributed by atoms with Crippen molar-refractivity contribution in [2.45, 2.75) is 25.4 Å².